The molecule has 0 aliphatic heterocycles. The number of aliphatic imine (C=N–C) groups is 1. The van der Waals surface area contributed by atoms with E-state index in [0.29, 0.717) is 12.0 Å². The molecule has 1 fully saturated rings. The van der Waals surface area contributed by atoms with Crippen LogP contribution in [0.15, 0.2) is 29.3 Å². The van der Waals surface area contributed by atoms with Crippen molar-refractivity contribution in [2.45, 2.75) is 38.2 Å². The zero-order chi connectivity index (χ0) is 18.8. The van der Waals surface area contributed by atoms with Gasteiger partial charge in [0.15, 0.2) is 5.96 Å². The normalized spacial score (nSPS) is 17.3. The van der Waals surface area contributed by atoms with Crippen LogP contribution in [-0.2, 0) is 9.47 Å². The van der Waals surface area contributed by atoms with E-state index >= 15 is 0 Å². The lowest BCUT2D eigenvalue weighted by molar-refractivity contribution is 0.106. The average Bonchev–Trinajstić information content (AvgIpc) is 3.13. The molecular weight excluding hydrogens is 460 g/mol. The molecule has 1 aromatic rings. The van der Waals surface area contributed by atoms with Gasteiger partial charge in [-0.2, -0.15) is 0 Å². The molecule has 0 bridgehead atoms. The maximum absolute atomic E-state index is 13.1. The van der Waals surface area contributed by atoms with Crippen LogP contribution in [0.4, 0.5) is 4.39 Å². The number of methoxy groups -OCH3 is 2. The minimum absolute atomic E-state index is 0. The smallest absolute Gasteiger partial charge is 0.191 e. The van der Waals surface area contributed by atoms with Crippen molar-refractivity contribution in [3.63, 3.8) is 0 Å². The molecule has 1 aliphatic rings. The average molecular weight is 493 g/mol. The number of hydrogen-bond donors (Lipinski definition) is 2. The Bertz CT molecular complexity index is 563. The van der Waals surface area contributed by atoms with E-state index in [1.807, 2.05) is 0 Å². The number of hydrogen-bond acceptors (Lipinski definition) is 3. The highest BCUT2D eigenvalue weighted by Gasteiger charge is 2.33. The van der Waals surface area contributed by atoms with Gasteiger partial charge in [0.25, 0.3) is 0 Å². The summed E-state index contributed by atoms with van der Waals surface area (Å²) >= 11 is 0. The van der Waals surface area contributed by atoms with Gasteiger partial charge in [0.2, 0.25) is 0 Å². The van der Waals surface area contributed by atoms with Crippen molar-refractivity contribution < 1.29 is 13.9 Å². The van der Waals surface area contributed by atoms with Crippen LogP contribution in [0.3, 0.4) is 0 Å². The van der Waals surface area contributed by atoms with E-state index in [1.54, 1.807) is 33.4 Å². The fraction of sp³-hybridized carbons (Fsp3) is 0.650. The van der Waals surface area contributed by atoms with E-state index in [2.05, 4.69) is 15.6 Å². The second-order valence-electron chi connectivity index (χ2n) is 7.03. The van der Waals surface area contributed by atoms with Crippen LogP contribution < -0.4 is 10.6 Å². The van der Waals surface area contributed by atoms with Crippen LogP contribution in [0.5, 0.6) is 0 Å². The van der Waals surface area contributed by atoms with Gasteiger partial charge in [-0.15, -0.1) is 24.0 Å². The molecule has 7 heteroatoms. The maximum atomic E-state index is 13.1. The zero-order valence-electron chi connectivity index (χ0n) is 16.6. The lowest BCUT2D eigenvalue weighted by Crippen LogP contribution is -2.44. The van der Waals surface area contributed by atoms with Crippen LogP contribution in [0.2, 0.25) is 0 Å². The third kappa shape index (κ3) is 7.54. The lowest BCUT2D eigenvalue weighted by atomic mass is 9.83. The number of nitrogens with one attached hydrogen (secondary N) is 2. The van der Waals surface area contributed by atoms with Crippen LogP contribution >= 0.6 is 24.0 Å². The molecule has 0 heterocycles. The number of halogens is 2. The molecule has 0 spiro atoms. The van der Waals surface area contributed by atoms with Gasteiger partial charge in [-0.1, -0.05) is 25.0 Å². The monoisotopic (exact) mass is 493 g/mol. The largest absolute Gasteiger partial charge is 0.385 e. The van der Waals surface area contributed by atoms with Crippen molar-refractivity contribution in [2.75, 3.05) is 41.0 Å². The number of rotatable bonds is 9. The molecule has 1 saturated carbocycles. The van der Waals surface area contributed by atoms with Gasteiger partial charge in [-0.05, 0) is 42.4 Å². The van der Waals surface area contributed by atoms with E-state index in [0.717, 1.165) is 31.1 Å². The van der Waals surface area contributed by atoms with Gasteiger partial charge in [-0.25, -0.2) is 4.39 Å². The summed E-state index contributed by atoms with van der Waals surface area (Å²) in [4.78, 5) is 4.32. The Balaban J connectivity index is 0.00000364. The Morgan fingerprint density at radius 3 is 2.41 bits per heavy atom. The van der Waals surface area contributed by atoms with Crippen LogP contribution in [0.25, 0.3) is 0 Å². The molecule has 1 atom stereocenters. The van der Waals surface area contributed by atoms with Gasteiger partial charge in [-0.3, -0.25) is 4.99 Å². The summed E-state index contributed by atoms with van der Waals surface area (Å²) in [6.07, 6.45) is 5.95. The molecule has 5 nitrogen and oxygen atoms in total. The van der Waals surface area contributed by atoms with Gasteiger partial charge in [0, 0.05) is 41.0 Å². The van der Waals surface area contributed by atoms with Gasteiger partial charge in [0.1, 0.15) is 5.82 Å². The number of guanidine groups is 1. The number of nitrogens with zero attached hydrogens (tertiary/aromatic N) is 1. The first-order valence-corrected chi connectivity index (χ1v) is 9.34. The van der Waals surface area contributed by atoms with Crippen LogP contribution in [0.1, 0.15) is 43.8 Å². The van der Waals surface area contributed by atoms with E-state index in [1.165, 1.54) is 37.8 Å². The highest BCUT2D eigenvalue weighted by atomic mass is 127. The van der Waals surface area contributed by atoms with Crippen molar-refractivity contribution >= 4 is 29.9 Å². The molecule has 0 saturated heterocycles. The van der Waals surface area contributed by atoms with Gasteiger partial charge in [0.05, 0.1) is 6.10 Å². The van der Waals surface area contributed by atoms with Crippen molar-refractivity contribution in [2.24, 2.45) is 10.4 Å². The molecule has 2 N–H and O–H groups in total. The first-order valence-electron chi connectivity index (χ1n) is 9.34. The summed E-state index contributed by atoms with van der Waals surface area (Å²) < 4.78 is 23.9. The standard InChI is InChI=1S/C20H32FN3O2.HI/c1-22-19(24-15-20(12-13-25-2)10-4-5-11-20)23-14-18(26-3)16-6-8-17(21)9-7-16;/h6-9,18H,4-5,10-15H2,1-3H3,(H2,22,23,24);1H. The van der Waals surface area contributed by atoms with Crippen molar-refractivity contribution in [3.05, 3.63) is 35.6 Å². The maximum Gasteiger partial charge on any atom is 0.191 e. The second kappa shape index (κ2) is 12.5. The Kier molecular flexibility index (Phi) is 11.2. The lowest BCUT2D eigenvalue weighted by Gasteiger charge is -2.30. The van der Waals surface area contributed by atoms with E-state index in [9.17, 15) is 4.39 Å². The quantitative estimate of drug-likeness (QED) is 0.312. The molecule has 1 aromatic carbocycles. The molecule has 0 amide bonds. The van der Waals surface area contributed by atoms with E-state index in [4.69, 9.17) is 9.47 Å². The zero-order valence-corrected chi connectivity index (χ0v) is 18.9. The highest BCUT2D eigenvalue weighted by molar-refractivity contribution is 14.0. The third-order valence-corrected chi connectivity index (χ3v) is 5.34. The Hall–Kier alpha value is -0.930. The second-order valence-corrected chi connectivity index (χ2v) is 7.03. The topological polar surface area (TPSA) is 54.9 Å². The molecule has 0 radical (unpaired) electrons. The van der Waals surface area contributed by atoms with Gasteiger partial charge < -0.3 is 20.1 Å². The Labute approximate surface area is 179 Å². The summed E-state index contributed by atoms with van der Waals surface area (Å²) in [5, 5.41) is 6.79. The number of ether oxygens (including phenoxy) is 2. The summed E-state index contributed by atoms with van der Waals surface area (Å²) in [5.74, 6) is 0.518. The van der Waals surface area contributed by atoms with Gasteiger partial charge >= 0.3 is 0 Å². The Morgan fingerprint density at radius 1 is 1.19 bits per heavy atom. The highest BCUT2D eigenvalue weighted by Crippen LogP contribution is 2.40. The minimum Gasteiger partial charge on any atom is -0.385 e. The van der Waals surface area contributed by atoms with Crippen molar-refractivity contribution in [1.29, 1.82) is 0 Å². The fourth-order valence-electron chi connectivity index (χ4n) is 3.65. The third-order valence-electron chi connectivity index (χ3n) is 5.34. The van der Waals surface area contributed by atoms with Crippen molar-refractivity contribution in [3.8, 4) is 0 Å². The SMILES string of the molecule is CN=C(NCC(OC)c1ccc(F)cc1)NCC1(CCOC)CCCC1.I. The van der Waals surface area contributed by atoms with E-state index in [-0.39, 0.29) is 35.9 Å². The first-order chi connectivity index (χ1) is 12.6. The summed E-state index contributed by atoms with van der Waals surface area (Å²) in [7, 11) is 5.19. The summed E-state index contributed by atoms with van der Waals surface area (Å²) in [6.45, 7) is 2.25. The molecule has 1 aliphatic carbocycles. The molecule has 154 valence electrons. The van der Waals surface area contributed by atoms with Crippen LogP contribution in [-0.4, -0.2) is 46.9 Å². The fourth-order valence-corrected chi connectivity index (χ4v) is 3.65. The first kappa shape index (κ1) is 24.1. The Morgan fingerprint density at radius 2 is 1.85 bits per heavy atom. The van der Waals surface area contributed by atoms with E-state index < -0.39 is 0 Å². The van der Waals surface area contributed by atoms with Crippen LogP contribution in [0, 0.1) is 11.2 Å². The molecule has 0 aromatic heterocycles. The summed E-state index contributed by atoms with van der Waals surface area (Å²) in [6, 6.07) is 6.40. The summed E-state index contributed by atoms with van der Waals surface area (Å²) in [5.41, 5.74) is 1.23. The molecule has 27 heavy (non-hydrogen) atoms. The predicted molar refractivity (Wildman–Crippen MR) is 118 cm³/mol. The van der Waals surface area contributed by atoms with Crippen molar-refractivity contribution in [1.82, 2.24) is 10.6 Å². The molecule has 2 rings (SSSR count). The predicted octanol–water partition coefficient (Wildman–Crippen LogP) is 3.89. The molecular formula is C20H33FIN3O2. The minimum atomic E-state index is -0.244. The molecule has 1 unspecified atom stereocenters. The number of benzene rings is 1.